The zero-order chi connectivity index (χ0) is 26.1. The third-order valence-corrected chi connectivity index (χ3v) is 6.54. The summed E-state index contributed by atoms with van der Waals surface area (Å²) in [5.74, 6) is -2.86. The summed E-state index contributed by atoms with van der Waals surface area (Å²) >= 11 is 0.708. The van der Waals surface area contributed by atoms with E-state index in [1.807, 2.05) is 28.8 Å². The zero-order valence-corrected chi connectivity index (χ0v) is 19.8. The number of nitrogens with one attached hydrogen (secondary N) is 1. The van der Waals surface area contributed by atoms with Crippen molar-refractivity contribution in [3.05, 3.63) is 94.7 Å². The van der Waals surface area contributed by atoms with Crippen molar-refractivity contribution < 1.29 is 33.1 Å². The molecule has 0 radical (unpaired) electrons. The number of para-hydroxylation sites is 2. The molecule has 186 valence electrons. The Bertz CT molecular complexity index is 1600. The van der Waals surface area contributed by atoms with E-state index in [1.54, 1.807) is 24.4 Å². The van der Waals surface area contributed by atoms with Crippen molar-refractivity contribution in [1.82, 2.24) is 9.47 Å². The van der Waals surface area contributed by atoms with Crippen LogP contribution in [0.5, 0.6) is 0 Å². The molecule has 0 unspecified atom stereocenters. The average Bonchev–Trinajstić information content (AvgIpc) is 3.55. The number of imide groups is 1. The third-order valence-electron chi connectivity index (χ3n) is 5.63. The van der Waals surface area contributed by atoms with Gasteiger partial charge in [-0.15, -0.1) is 0 Å². The third kappa shape index (κ3) is 4.89. The summed E-state index contributed by atoms with van der Waals surface area (Å²) in [6.07, 6.45) is 3.34. The van der Waals surface area contributed by atoms with Crippen LogP contribution < -0.4 is 5.32 Å². The fourth-order valence-corrected chi connectivity index (χ4v) is 4.77. The highest BCUT2D eigenvalue weighted by Gasteiger charge is 2.36. The number of carbonyl (C=O) groups excluding carboxylic acids is 3. The highest BCUT2D eigenvalue weighted by Crippen LogP contribution is 2.34. The van der Waals surface area contributed by atoms with Crippen molar-refractivity contribution in [3.63, 3.8) is 0 Å². The lowest BCUT2D eigenvalue weighted by Gasteiger charge is -2.12. The average molecular weight is 520 g/mol. The van der Waals surface area contributed by atoms with Crippen LogP contribution >= 0.6 is 11.8 Å². The van der Waals surface area contributed by atoms with E-state index in [0.29, 0.717) is 23.1 Å². The van der Waals surface area contributed by atoms with Crippen molar-refractivity contribution in [2.24, 2.45) is 0 Å². The number of carbonyl (C=O) groups is 4. The molecule has 9 nitrogen and oxygen atoms in total. The summed E-state index contributed by atoms with van der Waals surface area (Å²) < 4.78 is 21.0. The minimum atomic E-state index is -1.16. The smallest absolute Gasteiger partial charge is 0.371 e. The number of anilines is 1. The van der Waals surface area contributed by atoms with Crippen LogP contribution in [0.3, 0.4) is 0 Å². The number of fused-ring (bicyclic) bond motifs is 1. The van der Waals surface area contributed by atoms with Crippen LogP contribution in [0.2, 0.25) is 0 Å². The second kappa shape index (κ2) is 9.78. The molecule has 3 heterocycles. The molecule has 2 N–H and O–H groups in total. The Morgan fingerprint density at radius 2 is 1.81 bits per heavy atom. The molecule has 0 spiro atoms. The van der Waals surface area contributed by atoms with Gasteiger partial charge in [0.05, 0.1) is 17.1 Å². The van der Waals surface area contributed by atoms with Gasteiger partial charge in [-0.05, 0) is 48.2 Å². The number of carboxylic acid groups (broad SMARTS) is 1. The predicted octanol–water partition coefficient (Wildman–Crippen LogP) is 4.79. The molecular weight excluding hydrogens is 501 g/mol. The number of benzene rings is 2. The number of thioether (sulfide) groups is 1. The van der Waals surface area contributed by atoms with E-state index in [-0.39, 0.29) is 22.9 Å². The molecule has 1 aliphatic rings. The van der Waals surface area contributed by atoms with Gasteiger partial charge < -0.3 is 19.4 Å². The van der Waals surface area contributed by atoms with Crippen LogP contribution in [0, 0.1) is 5.82 Å². The second-order valence-corrected chi connectivity index (χ2v) is 9.09. The Labute approximate surface area is 213 Å². The second-order valence-electron chi connectivity index (χ2n) is 8.10. The molecule has 1 saturated heterocycles. The van der Waals surface area contributed by atoms with E-state index in [9.17, 15) is 23.6 Å². The first-order valence-corrected chi connectivity index (χ1v) is 11.8. The number of carboxylic acids is 1. The molecule has 4 aromatic rings. The molecule has 11 heteroatoms. The Balaban J connectivity index is 1.37. The number of rotatable bonds is 7. The molecule has 3 amide bonds. The van der Waals surface area contributed by atoms with Crippen molar-refractivity contribution in [1.29, 1.82) is 0 Å². The molecular formula is C26H18FN3O6S. The van der Waals surface area contributed by atoms with Gasteiger partial charge in [-0.3, -0.25) is 19.3 Å². The van der Waals surface area contributed by atoms with Gasteiger partial charge in [0.15, 0.2) is 0 Å². The van der Waals surface area contributed by atoms with Gasteiger partial charge in [0.1, 0.15) is 18.1 Å². The van der Waals surface area contributed by atoms with Gasteiger partial charge in [-0.1, -0.05) is 30.3 Å². The first-order valence-electron chi connectivity index (χ1n) is 11.0. The maximum atomic E-state index is 13.8. The SMILES string of the molecule is O=C(CN1C(=O)S/C(=C\c2cn(Cc3ccc(C(=O)O)o3)c3ccccc23)C1=O)Nc1ccccc1F. The fourth-order valence-electron chi connectivity index (χ4n) is 3.94. The standard InChI is InChI=1S/C26H18FN3O6S/c27-18-6-2-3-7-19(18)28-23(31)14-30-24(32)22(37-26(30)35)11-15-12-29(20-8-4-1-5-17(15)20)13-16-9-10-21(36-16)25(33)34/h1-12H,13-14H2,(H,28,31)(H,33,34)/b22-11-. The van der Waals surface area contributed by atoms with E-state index in [2.05, 4.69) is 5.32 Å². The lowest BCUT2D eigenvalue weighted by molar-refractivity contribution is -0.127. The molecule has 37 heavy (non-hydrogen) atoms. The monoisotopic (exact) mass is 519 g/mol. The van der Waals surface area contributed by atoms with E-state index in [4.69, 9.17) is 9.52 Å². The summed E-state index contributed by atoms with van der Waals surface area (Å²) in [6, 6.07) is 15.9. The molecule has 5 rings (SSSR count). The number of aromatic carboxylic acids is 1. The van der Waals surface area contributed by atoms with Crippen LogP contribution in [-0.4, -0.2) is 44.1 Å². The minimum Gasteiger partial charge on any atom is -0.475 e. The number of nitrogens with zero attached hydrogens (tertiary/aromatic N) is 2. The van der Waals surface area contributed by atoms with Gasteiger partial charge in [-0.2, -0.15) is 0 Å². The highest BCUT2D eigenvalue weighted by molar-refractivity contribution is 8.18. The fraction of sp³-hybridized carbons (Fsp3) is 0.0769. The van der Waals surface area contributed by atoms with Crippen molar-refractivity contribution >= 4 is 57.5 Å². The molecule has 0 aliphatic carbocycles. The molecule has 2 aromatic heterocycles. The first-order chi connectivity index (χ1) is 17.8. The normalized spacial score (nSPS) is 14.6. The quantitative estimate of drug-likeness (QED) is 0.337. The maximum absolute atomic E-state index is 13.8. The van der Waals surface area contributed by atoms with Crippen molar-refractivity contribution in [3.8, 4) is 0 Å². The van der Waals surface area contributed by atoms with Gasteiger partial charge in [0.25, 0.3) is 11.1 Å². The molecule has 1 fully saturated rings. The van der Waals surface area contributed by atoms with Gasteiger partial charge in [0, 0.05) is 22.7 Å². The van der Waals surface area contributed by atoms with Crippen LogP contribution in [0.15, 0.2) is 76.2 Å². The lowest BCUT2D eigenvalue weighted by atomic mass is 10.1. The summed E-state index contributed by atoms with van der Waals surface area (Å²) in [4.78, 5) is 49.9. The van der Waals surface area contributed by atoms with Gasteiger partial charge >= 0.3 is 5.97 Å². The Morgan fingerprint density at radius 1 is 1.05 bits per heavy atom. The van der Waals surface area contributed by atoms with Crippen LogP contribution in [-0.2, 0) is 16.1 Å². The number of halogens is 1. The summed E-state index contributed by atoms with van der Waals surface area (Å²) in [5, 5.41) is 11.6. The zero-order valence-electron chi connectivity index (χ0n) is 19.0. The minimum absolute atomic E-state index is 0.0464. The van der Waals surface area contributed by atoms with E-state index in [1.165, 1.54) is 24.3 Å². The van der Waals surface area contributed by atoms with Gasteiger partial charge in [0.2, 0.25) is 11.7 Å². The summed E-state index contributed by atoms with van der Waals surface area (Å²) in [6.45, 7) is -0.304. The van der Waals surface area contributed by atoms with Crippen LogP contribution in [0.25, 0.3) is 17.0 Å². The maximum Gasteiger partial charge on any atom is 0.371 e. The summed E-state index contributed by atoms with van der Waals surface area (Å²) in [7, 11) is 0. The van der Waals surface area contributed by atoms with E-state index in [0.717, 1.165) is 15.8 Å². The number of aromatic nitrogens is 1. The Morgan fingerprint density at radius 3 is 2.57 bits per heavy atom. The van der Waals surface area contributed by atoms with Crippen LogP contribution in [0.4, 0.5) is 14.9 Å². The lowest BCUT2D eigenvalue weighted by Crippen LogP contribution is -2.36. The van der Waals surface area contributed by atoms with E-state index < -0.39 is 35.4 Å². The van der Waals surface area contributed by atoms with Crippen LogP contribution in [0.1, 0.15) is 21.9 Å². The number of amides is 3. The predicted molar refractivity (Wildman–Crippen MR) is 134 cm³/mol. The highest BCUT2D eigenvalue weighted by atomic mass is 32.2. The summed E-state index contributed by atoms with van der Waals surface area (Å²) in [5.41, 5.74) is 1.42. The molecule has 0 saturated carbocycles. The van der Waals surface area contributed by atoms with Gasteiger partial charge in [-0.25, -0.2) is 9.18 Å². The Hall–Kier alpha value is -4.64. The Kier molecular flexibility index (Phi) is 6.36. The molecule has 0 bridgehead atoms. The topological polar surface area (TPSA) is 122 Å². The van der Waals surface area contributed by atoms with Crippen molar-refractivity contribution in [2.45, 2.75) is 6.54 Å². The van der Waals surface area contributed by atoms with Crippen molar-refractivity contribution in [2.75, 3.05) is 11.9 Å². The molecule has 1 aliphatic heterocycles. The number of hydrogen-bond acceptors (Lipinski definition) is 6. The number of furan rings is 1. The largest absolute Gasteiger partial charge is 0.475 e. The number of hydrogen-bond donors (Lipinski definition) is 2. The first kappa shape index (κ1) is 24.1. The molecule has 2 aromatic carbocycles. The van der Waals surface area contributed by atoms with E-state index >= 15 is 0 Å². The molecule has 0 atom stereocenters.